The third kappa shape index (κ3) is 3.94. The SMILES string of the molecule is NC(=O)C1=C(O)[C@@]2(O)C(=O)C3=C(O)c4c(O)ccc(-c5cccc(CN6CCOCC6)c5)c4C[C@H]3C[C@H]2CC1=O. The Morgan fingerprint density at radius 2 is 1.82 bits per heavy atom. The number of benzene rings is 2. The molecule has 40 heavy (non-hydrogen) atoms. The molecule has 208 valence electrons. The Morgan fingerprint density at radius 3 is 2.55 bits per heavy atom. The molecule has 6 N–H and O–H groups in total. The van der Waals surface area contributed by atoms with Crippen LogP contribution in [0.25, 0.3) is 16.9 Å². The first-order chi connectivity index (χ1) is 19.1. The monoisotopic (exact) mass is 546 g/mol. The van der Waals surface area contributed by atoms with Gasteiger partial charge in [0.25, 0.3) is 5.91 Å². The number of phenols is 1. The van der Waals surface area contributed by atoms with Crippen molar-refractivity contribution in [2.45, 2.75) is 31.4 Å². The molecule has 0 aromatic heterocycles. The molecule has 10 heteroatoms. The van der Waals surface area contributed by atoms with Gasteiger partial charge in [0.1, 0.15) is 22.8 Å². The molecule has 1 aliphatic heterocycles. The maximum absolute atomic E-state index is 13.7. The fraction of sp³-hybridized carbons (Fsp3) is 0.367. The molecule has 0 spiro atoms. The number of aromatic hydroxyl groups is 1. The number of hydrogen-bond acceptors (Lipinski definition) is 9. The first-order valence-corrected chi connectivity index (χ1v) is 13.3. The highest BCUT2D eigenvalue weighted by Gasteiger charge is 2.60. The van der Waals surface area contributed by atoms with E-state index >= 15 is 0 Å². The summed E-state index contributed by atoms with van der Waals surface area (Å²) in [5.41, 5.74) is 5.23. The molecule has 10 nitrogen and oxygen atoms in total. The quantitative estimate of drug-likeness (QED) is 0.360. The van der Waals surface area contributed by atoms with E-state index in [-0.39, 0.29) is 36.1 Å². The molecule has 4 aliphatic rings. The fourth-order valence-electron chi connectivity index (χ4n) is 6.75. The van der Waals surface area contributed by atoms with E-state index in [0.29, 0.717) is 18.8 Å². The summed E-state index contributed by atoms with van der Waals surface area (Å²) in [5.74, 6) is -6.37. The lowest BCUT2D eigenvalue weighted by molar-refractivity contribution is -0.147. The Bertz CT molecular complexity index is 1520. The third-order valence-electron chi connectivity index (χ3n) is 8.69. The normalized spacial score (nSPS) is 26.8. The van der Waals surface area contributed by atoms with Gasteiger partial charge in [0.2, 0.25) is 5.78 Å². The molecule has 3 aliphatic carbocycles. The average Bonchev–Trinajstić information content (AvgIpc) is 2.91. The average molecular weight is 547 g/mol. The van der Waals surface area contributed by atoms with Gasteiger partial charge in [0, 0.05) is 37.5 Å². The molecule has 2 aromatic carbocycles. The summed E-state index contributed by atoms with van der Waals surface area (Å²) >= 11 is 0. The van der Waals surface area contributed by atoms with Gasteiger partial charge in [0.15, 0.2) is 11.4 Å². The second-order valence-electron chi connectivity index (χ2n) is 11.0. The maximum Gasteiger partial charge on any atom is 0.255 e. The highest BCUT2D eigenvalue weighted by atomic mass is 16.5. The van der Waals surface area contributed by atoms with E-state index in [1.807, 2.05) is 18.2 Å². The summed E-state index contributed by atoms with van der Waals surface area (Å²) < 4.78 is 5.44. The van der Waals surface area contributed by atoms with Crippen molar-refractivity contribution in [3.05, 3.63) is 70.0 Å². The van der Waals surface area contributed by atoms with E-state index in [1.54, 1.807) is 6.07 Å². The van der Waals surface area contributed by atoms with Crippen LogP contribution >= 0.6 is 0 Å². The summed E-state index contributed by atoms with van der Waals surface area (Å²) in [6.07, 6.45) is -0.000644. The van der Waals surface area contributed by atoms with E-state index in [2.05, 4.69) is 11.0 Å². The first-order valence-electron chi connectivity index (χ1n) is 13.3. The molecule has 1 saturated carbocycles. The Kier molecular flexibility index (Phi) is 6.29. The van der Waals surface area contributed by atoms with Crippen molar-refractivity contribution in [3.8, 4) is 16.9 Å². The lowest BCUT2D eigenvalue weighted by Gasteiger charge is -2.46. The number of Topliss-reactive ketones (excluding diaryl/α,β-unsaturated/α-hetero) is 2. The first kappa shape index (κ1) is 26.2. The van der Waals surface area contributed by atoms with Crippen molar-refractivity contribution in [1.29, 1.82) is 0 Å². The van der Waals surface area contributed by atoms with Crippen LogP contribution in [0.1, 0.15) is 29.5 Å². The molecule has 1 amide bonds. The van der Waals surface area contributed by atoms with Gasteiger partial charge in [-0.15, -0.1) is 0 Å². The van der Waals surface area contributed by atoms with Crippen LogP contribution in [0.4, 0.5) is 0 Å². The van der Waals surface area contributed by atoms with Crippen LogP contribution < -0.4 is 5.73 Å². The van der Waals surface area contributed by atoms with E-state index in [9.17, 15) is 34.8 Å². The predicted octanol–water partition coefficient (Wildman–Crippen LogP) is 1.92. The van der Waals surface area contributed by atoms with Crippen LogP contribution in [-0.2, 0) is 32.1 Å². The summed E-state index contributed by atoms with van der Waals surface area (Å²) in [5, 5.41) is 44.3. The Labute approximate surface area is 230 Å². The molecule has 0 radical (unpaired) electrons. The number of nitrogens with two attached hydrogens (primary N) is 1. The second kappa shape index (κ2) is 9.58. The van der Waals surface area contributed by atoms with Crippen LogP contribution in [0, 0.1) is 11.8 Å². The number of morpholine rings is 1. The van der Waals surface area contributed by atoms with Gasteiger partial charge in [-0.05, 0) is 53.1 Å². The molecular formula is C30H30N2O8. The lowest BCUT2D eigenvalue weighted by Crippen LogP contribution is -2.58. The number of amides is 1. The van der Waals surface area contributed by atoms with Gasteiger partial charge in [0.05, 0.1) is 18.8 Å². The zero-order valence-electron chi connectivity index (χ0n) is 21.7. The molecule has 1 heterocycles. The van der Waals surface area contributed by atoms with Gasteiger partial charge >= 0.3 is 0 Å². The third-order valence-corrected chi connectivity index (χ3v) is 8.69. The second-order valence-corrected chi connectivity index (χ2v) is 11.0. The number of aliphatic hydroxyl groups is 3. The molecule has 2 fully saturated rings. The summed E-state index contributed by atoms with van der Waals surface area (Å²) in [4.78, 5) is 40.4. The number of nitrogens with zero attached hydrogens (tertiary/aromatic N) is 1. The Hall–Kier alpha value is -3.99. The minimum absolute atomic E-state index is 0.0863. The van der Waals surface area contributed by atoms with Gasteiger partial charge in [-0.3, -0.25) is 19.3 Å². The lowest BCUT2D eigenvalue weighted by atomic mass is 9.59. The molecule has 6 rings (SSSR count). The smallest absolute Gasteiger partial charge is 0.255 e. The number of hydrogen-bond donors (Lipinski definition) is 5. The van der Waals surface area contributed by atoms with Crippen LogP contribution in [-0.4, -0.2) is 74.7 Å². The van der Waals surface area contributed by atoms with Crippen LogP contribution in [0.5, 0.6) is 5.75 Å². The topological polar surface area (TPSA) is 171 Å². The summed E-state index contributed by atoms with van der Waals surface area (Å²) in [6.45, 7) is 3.83. The minimum atomic E-state index is -2.57. The zero-order chi connectivity index (χ0) is 28.3. The number of ether oxygens (including phenoxy) is 1. The summed E-state index contributed by atoms with van der Waals surface area (Å²) in [7, 11) is 0. The number of fused-ring (bicyclic) bond motifs is 3. The van der Waals surface area contributed by atoms with Crippen molar-refractivity contribution in [3.63, 3.8) is 0 Å². The molecule has 0 unspecified atom stereocenters. The molecule has 2 aromatic rings. The largest absolute Gasteiger partial charge is 0.508 e. The van der Waals surface area contributed by atoms with E-state index in [4.69, 9.17) is 10.5 Å². The van der Waals surface area contributed by atoms with Crippen LogP contribution in [0.2, 0.25) is 0 Å². The van der Waals surface area contributed by atoms with Crippen molar-refractivity contribution < 1.29 is 39.5 Å². The van der Waals surface area contributed by atoms with Gasteiger partial charge in [-0.25, -0.2) is 0 Å². The minimum Gasteiger partial charge on any atom is -0.508 e. The van der Waals surface area contributed by atoms with Crippen molar-refractivity contribution in [2.75, 3.05) is 26.3 Å². The van der Waals surface area contributed by atoms with E-state index in [1.165, 1.54) is 6.07 Å². The van der Waals surface area contributed by atoms with Gasteiger partial charge < -0.3 is 30.9 Å². The van der Waals surface area contributed by atoms with Crippen molar-refractivity contribution in [1.82, 2.24) is 4.90 Å². The standard InChI is InChI=1S/C30H30N2O8/c31-29(38)25-22(34)13-18-11-17-12-20-19(16-3-1-2-15(10-16)14-32-6-8-40-9-7-32)4-5-21(33)24(20)26(35)23(17)27(36)30(18,39)28(25)37/h1-5,10,17-18,33,35,37,39H,6-9,11-14H2,(H2,31,38)/t17-,18+,30+/m1/s1. The maximum atomic E-state index is 13.7. The molecule has 1 saturated heterocycles. The molecule has 0 bridgehead atoms. The molecular weight excluding hydrogens is 516 g/mol. The van der Waals surface area contributed by atoms with E-state index in [0.717, 1.165) is 36.3 Å². The highest BCUT2D eigenvalue weighted by Crippen LogP contribution is 2.53. The van der Waals surface area contributed by atoms with Gasteiger partial charge in [-0.2, -0.15) is 0 Å². The number of rotatable bonds is 4. The van der Waals surface area contributed by atoms with E-state index < -0.39 is 52.0 Å². The zero-order valence-corrected chi connectivity index (χ0v) is 21.7. The van der Waals surface area contributed by atoms with Crippen molar-refractivity contribution >= 4 is 23.2 Å². The highest BCUT2D eigenvalue weighted by molar-refractivity contribution is 6.22. The number of carbonyl (C=O) groups excluding carboxylic acids is 3. The van der Waals surface area contributed by atoms with Gasteiger partial charge in [-0.1, -0.05) is 24.3 Å². The predicted molar refractivity (Wildman–Crippen MR) is 143 cm³/mol. The number of primary amides is 1. The van der Waals surface area contributed by atoms with Crippen molar-refractivity contribution in [2.24, 2.45) is 17.6 Å². The number of phenolic OH excluding ortho intramolecular Hbond substituents is 1. The summed E-state index contributed by atoms with van der Waals surface area (Å²) in [6, 6.07) is 11.2. The number of carbonyl (C=O) groups is 3. The number of ketones is 2. The number of aliphatic hydroxyl groups excluding tert-OH is 2. The Morgan fingerprint density at radius 1 is 1.07 bits per heavy atom. The van der Waals surface area contributed by atoms with Crippen LogP contribution in [0.15, 0.2) is 53.3 Å². The fourth-order valence-corrected chi connectivity index (χ4v) is 6.75. The Balaban J connectivity index is 1.43. The molecule has 3 atom stereocenters. The van der Waals surface area contributed by atoms with Crippen LogP contribution in [0.3, 0.4) is 0 Å².